The Morgan fingerprint density at radius 3 is 1.05 bits per heavy atom. The lowest BCUT2D eigenvalue weighted by atomic mass is 9.50. The number of carbonyl (C=O) groups is 2. The van der Waals surface area contributed by atoms with Crippen LogP contribution in [0.1, 0.15) is 136 Å². The zero-order valence-corrected chi connectivity index (χ0v) is 22.4. The quantitative estimate of drug-likeness (QED) is 0.282. The van der Waals surface area contributed by atoms with Crippen molar-refractivity contribution in [3.63, 3.8) is 0 Å². The van der Waals surface area contributed by atoms with E-state index < -0.39 is 0 Å². The van der Waals surface area contributed by atoms with Crippen LogP contribution in [0, 0.1) is 11.8 Å². The highest BCUT2D eigenvalue weighted by atomic mass is 16.1. The molecule has 0 amide bonds. The van der Waals surface area contributed by atoms with Crippen LogP contribution in [0.25, 0.3) is 0 Å². The number of rotatable bonds is 11. The van der Waals surface area contributed by atoms with Crippen LogP contribution in [0.5, 0.6) is 0 Å². The first-order valence-electron chi connectivity index (χ1n) is 13.7. The van der Waals surface area contributed by atoms with Crippen molar-refractivity contribution in [3.8, 4) is 0 Å². The molecule has 2 aromatic carbocycles. The van der Waals surface area contributed by atoms with Crippen LogP contribution in [0.15, 0.2) is 48.5 Å². The molecule has 0 radical (unpaired) electrons. The predicted molar refractivity (Wildman–Crippen MR) is 165 cm³/mol. The molecule has 0 bridgehead atoms. The van der Waals surface area contributed by atoms with Crippen molar-refractivity contribution in [1.82, 2.24) is 0 Å². The predicted octanol–water partition coefficient (Wildman–Crippen LogP) is 10.4. The summed E-state index contributed by atoms with van der Waals surface area (Å²) in [7, 11) is 0. The van der Waals surface area contributed by atoms with Crippen molar-refractivity contribution in [3.05, 3.63) is 70.8 Å². The van der Waals surface area contributed by atoms with Crippen molar-refractivity contribution in [2.45, 2.75) is 127 Å². The fourth-order valence-electron chi connectivity index (χ4n) is 5.30. The van der Waals surface area contributed by atoms with Crippen molar-refractivity contribution < 1.29 is 9.59 Å². The molecular weight excluding hydrogens is 452 g/mol. The molecule has 1 fully saturated rings. The van der Waals surface area contributed by atoms with Gasteiger partial charge in [0, 0.05) is 36.5 Å². The Morgan fingerprint density at radius 2 is 0.838 bits per heavy atom. The summed E-state index contributed by atoms with van der Waals surface area (Å²) in [6.45, 7) is 12.6. The third kappa shape index (κ3) is 9.24. The van der Waals surface area contributed by atoms with E-state index in [4.69, 9.17) is 0 Å². The van der Waals surface area contributed by atoms with Gasteiger partial charge in [-0.3, -0.25) is 9.59 Å². The van der Waals surface area contributed by atoms with Gasteiger partial charge in [0.25, 0.3) is 0 Å². The first kappa shape index (κ1) is 36.9. The second kappa shape index (κ2) is 18.9. The number of Topliss-reactive ketones (excluding diaryl/α,β-unsaturated/α-hetero) is 2. The van der Waals surface area contributed by atoms with Crippen molar-refractivity contribution >= 4 is 11.6 Å². The number of hydrogen-bond acceptors (Lipinski definition) is 2. The number of aryl methyl sites for hydroxylation is 2. The molecule has 0 N–H and O–H groups in total. The molecule has 1 aliphatic rings. The van der Waals surface area contributed by atoms with Crippen molar-refractivity contribution in [2.75, 3.05) is 0 Å². The van der Waals surface area contributed by atoms with Crippen LogP contribution < -0.4 is 0 Å². The van der Waals surface area contributed by atoms with Gasteiger partial charge in [-0.25, -0.2) is 0 Å². The second-order valence-electron chi connectivity index (χ2n) is 9.64. The number of hydrogen-bond donors (Lipinski definition) is 0. The molecule has 3 rings (SSSR count). The largest absolute Gasteiger partial charge is 0.299 e. The Hall–Kier alpha value is -2.22. The van der Waals surface area contributed by atoms with Gasteiger partial charge in [-0.05, 0) is 35.1 Å². The normalized spacial score (nSPS) is 19.5. The Labute approximate surface area is 230 Å². The van der Waals surface area contributed by atoms with Crippen LogP contribution >= 0.6 is 0 Å². The molecule has 2 aromatic rings. The van der Waals surface area contributed by atoms with E-state index in [-0.39, 0.29) is 57.5 Å². The fourth-order valence-corrected chi connectivity index (χ4v) is 5.30. The van der Waals surface area contributed by atoms with Crippen LogP contribution in [-0.4, -0.2) is 11.6 Å². The summed E-state index contributed by atoms with van der Waals surface area (Å²) in [4.78, 5) is 25.9. The third-order valence-corrected chi connectivity index (χ3v) is 7.49. The Balaban J connectivity index is 0. The average molecular weight is 511 g/mol. The smallest absolute Gasteiger partial charge is 0.136 e. The van der Waals surface area contributed by atoms with Gasteiger partial charge in [-0.1, -0.05) is 138 Å². The van der Waals surface area contributed by atoms with E-state index in [1.165, 1.54) is 36.8 Å². The number of ketones is 2. The summed E-state index contributed by atoms with van der Waals surface area (Å²) >= 11 is 0. The van der Waals surface area contributed by atoms with Gasteiger partial charge in [-0.2, -0.15) is 0 Å². The lowest BCUT2D eigenvalue weighted by molar-refractivity contribution is -0.137. The molecule has 2 nitrogen and oxygen atoms in total. The van der Waals surface area contributed by atoms with Gasteiger partial charge >= 0.3 is 0 Å². The molecule has 37 heavy (non-hydrogen) atoms. The van der Waals surface area contributed by atoms with Crippen LogP contribution in [0.4, 0.5) is 0 Å². The molecule has 1 saturated carbocycles. The highest BCUT2D eigenvalue weighted by molar-refractivity contribution is 5.91. The van der Waals surface area contributed by atoms with Crippen molar-refractivity contribution in [2.24, 2.45) is 11.8 Å². The van der Waals surface area contributed by atoms with E-state index in [9.17, 15) is 9.59 Å². The summed E-state index contributed by atoms with van der Waals surface area (Å²) in [6, 6.07) is 17.1. The maximum Gasteiger partial charge on any atom is 0.136 e. The number of carbonyl (C=O) groups excluding carboxylic acids is 2. The van der Waals surface area contributed by atoms with Gasteiger partial charge in [0.15, 0.2) is 0 Å². The first-order chi connectivity index (χ1) is 16.5. The molecule has 0 heterocycles. The minimum absolute atomic E-state index is 0. The minimum atomic E-state index is -0.106. The van der Waals surface area contributed by atoms with Crippen LogP contribution in [0.2, 0.25) is 0 Å². The second-order valence-corrected chi connectivity index (χ2v) is 9.64. The molecule has 1 aliphatic carbocycles. The molecule has 2 heteroatoms. The van der Waals surface area contributed by atoms with Crippen molar-refractivity contribution in [1.29, 1.82) is 0 Å². The molecule has 0 unspecified atom stereocenters. The highest BCUT2D eigenvalue weighted by Gasteiger charge is 2.56. The number of unbranched alkanes of at least 4 members (excludes halogenated alkanes) is 3. The van der Waals surface area contributed by atoms with Crippen LogP contribution in [0.3, 0.4) is 0 Å². The Morgan fingerprint density at radius 1 is 0.541 bits per heavy atom. The van der Waals surface area contributed by atoms with E-state index in [1.54, 1.807) is 0 Å². The van der Waals surface area contributed by atoms with Gasteiger partial charge in [-0.15, -0.1) is 0 Å². The molecule has 0 aromatic heterocycles. The summed E-state index contributed by atoms with van der Waals surface area (Å²) < 4.78 is 0. The maximum absolute atomic E-state index is 13.0. The van der Waals surface area contributed by atoms with Gasteiger partial charge in [0.2, 0.25) is 0 Å². The fraction of sp³-hybridized carbons (Fsp3) is 0.600. The lowest BCUT2D eigenvalue weighted by Gasteiger charge is -2.51. The number of benzene rings is 2. The van der Waals surface area contributed by atoms with E-state index in [0.717, 1.165) is 24.0 Å². The van der Waals surface area contributed by atoms with Gasteiger partial charge in [0.05, 0.1) is 0 Å². The van der Waals surface area contributed by atoms with E-state index >= 15 is 0 Å². The summed E-state index contributed by atoms with van der Waals surface area (Å²) in [5, 5.41) is 0. The zero-order chi connectivity index (χ0) is 25.1. The third-order valence-electron chi connectivity index (χ3n) is 7.49. The van der Waals surface area contributed by atoms with Gasteiger partial charge in [0.1, 0.15) is 11.6 Å². The van der Waals surface area contributed by atoms with E-state index in [0.29, 0.717) is 12.8 Å². The summed E-state index contributed by atoms with van der Waals surface area (Å²) in [5.74, 6) is 0.336. The standard InChI is InChI=1S/C26H32O2.C6H14.3CH4/c1-5-17-9-13-19(14-10-17)23-25(21(27)7-3)24(26(23)22(28)8-4)20-15-11-18(6-2)12-16-20;1-3-5-6-4-2;;;/h9-16,23-26H,5-8H2,1-4H3;3-6H2,1-2H3;3*1H4. The molecule has 0 saturated heterocycles. The molecular formula is C35H58O2. The lowest BCUT2D eigenvalue weighted by Crippen LogP contribution is -2.50. The molecule has 0 spiro atoms. The summed E-state index contributed by atoms with van der Waals surface area (Å²) in [6.07, 6.45) is 8.56. The zero-order valence-electron chi connectivity index (χ0n) is 22.4. The molecule has 210 valence electrons. The van der Waals surface area contributed by atoms with E-state index in [1.807, 2.05) is 13.8 Å². The monoisotopic (exact) mass is 510 g/mol. The highest BCUT2D eigenvalue weighted by Crippen LogP contribution is 2.58. The molecule has 0 atom stereocenters. The average Bonchev–Trinajstić information content (AvgIpc) is 2.87. The van der Waals surface area contributed by atoms with Gasteiger partial charge < -0.3 is 0 Å². The SMILES string of the molecule is C.C.C.CCC(=O)C1C(c2ccc(CC)cc2)C(C(=O)CC)C1c1ccc(CC)cc1.CCCCCC. The summed E-state index contributed by atoms with van der Waals surface area (Å²) in [5.41, 5.74) is 4.84. The Bertz CT molecular complexity index is 795. The first-order valence-corrected chi connectivity index (χ1v) is 13.7. The minimum Gasteiger partial charge on any atom is -0.299 e. The van der Waals surface area contributed by atoms with E-state index in [2.05, 4.69) is 76.2 Å². The topological polar surface area (TPSA) is 34.1 Å². The Kier molecular flexibility index (Phi) is 18.9. The van der Waals surface area contributed by atoms with Crippen LogP contribution in [-0.2, 0) is 22.4 Å². The maximum atomic E-state index is 13.0. The molecule has 0 aliphatic heterocycles.